The molecule has 0 spiro atoms. The molecule has 3 N–H and O–H groups in total. The van der Waals surface area contributed by atoms with Crippen molar-refractivity contribution in [2.45, 2.75) is 32.2 Å². The molecular weight excluding hydrogens is 344 g/mol. The summed E-state index contributed by atoms with van der Waals surface area (Å²) in [6.07, 6.45) is 3.12. The highest BCUT2D eigenvalue weighted by Gasteiger charge is 2.25. The first kappa shape index (κ1) is 18.6. The third-order valence-electron chi connectivity index (χ3n) is 4.70. The van der Waals surface area contributed by atoms with Gasteiger partial charge in [0.25, 0.3) is 0 Å². The Bertz CT molecular complexity index is 859. The van der Waals surface area contributed by atoms with Gasteiger partial charge in [0.1, 0.15) is 0 Å². The minimum atomic E-state index is -1.02. The van der Waals surface area contributed by atoms with Crippen molar-refractivity contribution in [3.8, 4) is 0 Å². The van der Waals surface area contributed by atoms with E-state index in [1.807, 2.05) is 24.3 Å². The SMILES string of the molecule is O=C(Cc1cccc(C(=O)O)c1)NCc1cccc(NC(=O)C2CCC2)c1. The largest absolute Gasteiger partial charge is 0.478 e. The van der Waals surface area contributed by atoms with Gasteiger partial charge in [-0.15, -0.1) is 0 Å². The average Bonchev–Trinajstić information content (AvgIpc) is 2.59. The summed E-state index contributed by atoms with van der Waals surface area (Å²) in [4.78, 5) is 35.2. The van der Waals surface area contributed by atoms with Crippen LogP contribution in [0.1, 0.15) is 40.7 Å². The third kappa shape index (κ3) is 5.17. The van der Waals surface area contributed by atoms with Crippen LogP contribution in [0.4, 0.5) is 5.69 Å². The second-order valence-corrected chi connectivity index (χ2v) is 6.78. The van der Waals surface area contributed by atoms with E-state index < -0.39 is 5.97 Å². The lowest BCUT2D eigenvalue weighted by Crippen LogP contribution is -2.28. The molecule has 3 rings (SSSR count). The first-order valence-electron chi connectivity index (χ1n) is 9.00. The predicted octanol–water partition coefficient (Wildman–Crippen LogP) is 2.98. The van der Waals surface area contributed by atoms with Gasteiger partial charge in [-0.1, -0.05) is 30.7 Å². The Hall–Kier alpha value is -3.15. The molecule has 1 saturated carbocycles. The third-order valence-corrected chi connectivity index (χ3v) is 4.70. The second-order valence-electron chi connectivity index (χ2n) is 6.78. The summed E-state index contributed by atoms with van der Waals surface area (Å²) >= 11 is 0. The van der Waals surface area contributed by atoms with E-state index in [1.54, 1.807) is 12.1 Å². The number of amides is 2. The molecule has 1 aliphatic rings. The van der Waals surface area contributed by atoms with E-state index in [4.69, 9.17) is 5.11 Å². The number of hydrogen-bond donors (Lipinski definition) is 3. The summed E-state index contributed by atoms with van der Waals surface area (Å²) in [5.74, 6) is -1.03. The van der Waals surface area contributed by atoms with Crippen LogP contribution in [0.2, 0.25) is 0 Å². The monoisotopic (exact) mass is 366 g/mol. The van der Waals surface area contributed by atoms with Crippen molar-refractivity contribution >= 4 is 23.5 Å². The van der Waals surface area contributed by atoms with Gasteiger partial charge in [-0.3, -0.25) is 9.59 Å². The molecule has 0 aromatic heterocycles. The number of aromatic carboxylic acids is 1. The molecule has 2 aromatic rings. The van der Waals surface area contributed by atoms with Gasteiger partial charge in [-0.05, 0) is 48.2 Å². The fourth-order valence-electron chi connectivity index (χ4n) is 2.94. The van der Waals surface area contributed by atoms with Gasteiger partial charge in [0.05, 0.1) is 12.0 Å². The summed E-state index contributed by atoms with van der Waals surface area (Å²) in [5.41, 5.74) is 2.42. The Morgan fingerprint density at radius 2 is 1.74 bits per heavy atom. The lowest BCUT2D eigenvalue weighted by molar-refractivity contribution is -0.122. The quantitative estimate of drug-likeness (QED) is 0.702. The molecule has 0 aliphatic heterocycles. The standard InChI is InChI=1S/C21H22N2O4/c24-19(12-14-4-1-8-17(10-14)21(26)27)22-13-15-5-2-9-18(11-15)23-20(25)16-6-3-7-16/h1-2,4-5,8-11,16H,3,6-7,12-13H2,(H,22,24)(H,23,25)(H,26,27). The predicted molar refractivity (Wildman–Crippen MR) is 101 cm³/mol. The number of rotatable bonds is 7. The number of carboxylic acids is 1. The van der Waals surface area contributed by atoms with Crippen LogP contribution >= 0.6 is 0 Å². The van der Waals surface area contributed by atoms with Crippen molar-refractivity contribution < 1.29 is 19.5 Å². The van der Waals surface area contributed by atoms with Crippen molar-refractivity contribution in [1.29, 1.82) is 0 Å². The van der Waals surface area contributed by atoms with Crippen LogP contribution in [0.5, 0.6) is 0 Å². The zero-order chi connectivity index (χ0) is 19.2. The van der Waals surface area contributed by atoms with Crippen LogP contribution in [0.15, 0.2) is 48.5 Å². The molecule has 0 unspecified atom stereocenters. The van der Waals surface area contributed by atoms with Gasteiger partial charge in [-0.2, -0.15) is 0 Å². The Kier molecular flexibility index (Phi) is 5.86. The van der Waals surface area contributed by atoms with E-state index in [1.165, 1.54) is 12.1 Å². The summed E-state index contributed by atoms with van der Waals surface area (Å²) in [5, 5.41) is 14.8. The molecule has 0 saturated heterocycles. The van der Waals surface area contributed by atoms with Crippen molar-refractivity contribution in [2.75, 3.05) is 5.32 Å². The van der Waals surface area contributed by atoms with E-state index in [9.17, 15) is 14.4 Å². The second kappa shape index (κ2) is 8.49. The minimum absolute atomic E-state index is 0.0562. The summed E-state index contributed by atoms with van der Waals surface area (Å²) in [6, 6.07) is 13.7. The van der Waals surface area contributed by atoms with Crippen molar-refractivity contribution in [3.05, 3.63) is 65.2 Å². The molecule has 2 aromatic carbocycles. The van der Waals surface area contributed by atoms with Gasteiger partial charge >= 0.3 is 5.97 Å². The molecule has 2 amide bonds. The molecule has 140 valence electrons. The fourth-order valence-corrected chi connectivity index (χ4v) is 2.94. The topological polar surface area (TPSA) is 95.5 Å². The number of anilines is 1. The van der Waals surface area contributed by atoms with Gasteiger partial charge in [0.15, 0.2) is 0 Å². The number of carbonyl (C=O) groups excluding carboxylic acids is 2. The van der Waals surface area contributed by atoms with E-state index >= 15 is 0 Å². The first-order valence-corrected chi connectivity index (χ1v) is 9.00. The Morgan fingerprint density at radius 1 is 1.00 bits per heavy atom. The fraction of sp³-hybridized carbons (Fsp3) is 0.286. The number of benzene rings is 2. The molecular formula is C21H22N2O4. The van der Waals surface area contributed by atoms with Gasteiger partial charge in [-0.25, -0.2) is 4.79 Å². The zero-order valence-electron chi connectivity index (χ0n) is 14.9. The van der Waals surface area contributed by atoms with Crippen LogP contribution in [0.3, 0.4) is 0 Å². The molecule has 0 radical (unpaired) electrons. The van der Waals surface area contributed by atoms with Crippen molar-refractivity contribution in [2.24, 2.45) is 5.92 Å². The molecule has 27 heavy (non-hydrogen) atoms. The average molecular weight is 366 g/mol. The van der Waals surface area contributed by atoms with Crippen LogP contribution < -0.4 is 10.6 Å². The molecule has 0 bridgehead atoms. The molecule has 1 aliphatic carbocycles. The van der Waals surface area contributed by atoms with Gasteiger partial charge < -0.3 is 15.7 Å². The lowest BCUT2D eigenvalue weighted by atomic mass is 9.85. The van der Waals surface area contributed by atoms with Crippen LogP contribution in [-0.4, -0.2) is 22.9 Å². The zero-order valence-corrected chi connectivity index (χ0v) is 14.9. The summed E-state index contributed by atoms with van der Waals surface area (Å²) in [7, 11) is 0. The van der Waals surface area contributed by atoms with Crippen LogP contribution in [-0.2, 0) is 22.6 Å². The Morgan fingerprint density at radius 3 is 2.44 bits per heavy atom. The summed E-state index contributed by atoms with van der Waals surface area (Å²) < 4.78 is 0. The smallest absolute Gasteiger partial charge is 0.335 e. The maximum Gasteiger partial charge on any atom is 0.335 e. The van der Waals surface area contributed by atoms with Crippen molar-refractivity contribution in [3.63, 3.8) is 0 Å². The van der Waals surface area contributed by atoms with E-state index in [2.05, 4.69) is 10.6 Å². The van der Waals surface area contributed by atoms with Gasteiger partial charge in [0, 0.05) is 18.2 Å². The number of hydrogen-bond acceptors (Lipinski definition) is 3. The van der Waals surface area contributed by atoms with Crippen molar-refractivity contribution in [1.82, 2.24) is 5.32 Å². The molecule has 6 heteroatoms. The Balaban J connectivity index is 1.52. The highest BCUT2D eigenvalue weighted by Crippen LogP contribution is 2.27. The maximum absolute atomic E-state index is 12.1. The number of nitrogens with one attached hydrogen (secondary N) is 2. The van der Waals surface area contributed by atoms with Crippen LogP contribution in [0.25, 0.3) is 0 Å². The van der Waals surface area contributed by atoms with Crippen LogP contribution in [0, 0.1) is 5.92 Å². The maximum atomic E-state index is 12.1. The normalized spacial score (nSPS) is 13.5. The van der Waals surface area contributed by atoms with E-state index in [-0.39, 0.29) is 29.7 Å². The highest BCUT2D eigenvalue weighted by molar-refractivity contribution is 5.93. The molecule has 0 atom stereocenters. The summed E-state index contributed by atoms with van der Waals surface area (Å²) in [6.45, 7) is 0.338. The lowest BCUT2D eigenvalue weighted by Gasteiger charge is -2.24. The van der Waals surface area contributed by atoms with E-state index in [0.717, 1.165) is 30.5 Å². The first-order chi connectivity index (χ1) is 13.0. The van der Waals surface area contributed by atoms with Gasteiger partial charge in [0.2, 0.25) is 11.8 Å². The molecule has 1 fully saturated rings. The Labute approximate surface area is 157 Å². The molecule has 6 nitrogen and oxygen atoms in total. The minimum Gasteiger partial charge on any atom is -0.478 e. The highest BCUT2D eigenvalue weighted by atomic mass is 16.4. The number of carboxylic acid groups (broad SMARTS) is 1. The molecule has 0 heterocycles. The van der Waals surface area contributed by atoms with E-state index in [0.29, 0.717) is 12.1 Å². The number of carbonyl (C=O) groups is 3.